The van der Waals surface area contributed by atoms with E-state index in [1.165, 1.54) is 17.0 Å². The second-order valence-corrected chi connectivity index (χ2v) is 12.0. The lowest BCUT2D eigenvalue weighted by molar-refractivity contribution is -0.140. The highest BCUT2D eigenvalue weighted by Crippen LogP contribution is 2.28. The van der Waals surface area contributed by atoms with Crippen molar-refractivity contribution >= 4 is 23.6 Å². The van der Waals surface area contributed by atoms with Crippen LogP contribution in [0.1, 0.15) is 77.0 Å². The molecule has 0 saturated carbocycles. The Bertz CT molecular complexity index is 1370. The van der Waals surface area contributed by atoms with E-state index in [0.717, 1.165) is 31.2 Å². The number of hydrogen-bond donors (Lipinski definition) is 3. The average molecular weight is 618 g/mol. The molecule has 0 bridgehead atoms. The highest BCUT2D eigenvalue weighted by atomic mass is 16.6. The number of unbranched alkanes of at least 4 members (excludes halogenated alkanes) is 4. The van der Waals surface area contributed by atoms with Gasteiger partial charge in [-0.25, -0.2) is 4.79 Å². The Morgan fingerprint density at radius 1 is 0.889 bits per heavy atom. The van der Waals surface area contributed by atoms with Crippen molar-refractivity contribution in [2.24, 2.45) is 0 Å². The number of nitrogens with zero attached hydrogens (tertiary/aromatic N) is 1. The number of rotatable bonds is 15. The van der Waals surface area contributed by atoms with E-state index in [1.807, 2.05) is 30.3 Å². The number of benzene rings is 3. The summed E-state index contributed by atoms with van der Waals surface area (Å²) in [5.41, 5.74) is 1.03. The first-order chi connectivity index (χ1) is 21.5. The summed E-state index contributed by atoms with van der Waals surface area (Å²) in [6.45, 7) is 7.66. The SMILES string of the molecule is CCCCCCCN(C(=O)C(Cc1ccccc1)NC(=O)OC(C)(C)C)C(C(=O)Nc1ccc(OC)cc1)c1cccc(O)c1. The largest absolute Gasteiger partial charge is 0.508 e. The van der Waals surface area contributed by atoms with Crippen molar-refractivity contribution in [3.05, 3.63) is 90.0 Å². The van der Waals surface area contributed by atoms with Gasteiger partial charge in [0.25, 0.3) is 5.91 Å². The summed E-state index contributed by atoms with van der Waals surface area (Å²) >= 11 is 0. The summed E-state index contributed by atoms with van der Waals surface area (Å²) in [5.74, 6) is -0.280. The van der Waals surface area contributed by atoms with Crippen LogP contribution in [-0.4, -0.2) is 53.2 Å². The molecule has 0 aliphatic rings. The number of anilines is 1. The van der Waals surface area contributed by atoms with Gasteiger partial charge in [0, 0.05) is 18.7 Å². The zero-order valence-electron chi connectivity index (χ0n) is 27.0. The molecule has 3 rings (SSSR count). The number of carbonyl (C=O) groups excluding carboxylic acids is 3. The van der Waals surface area contributed by atoms with Gasteiger partial charge in [-0.2, -0.15) is 0 Å². The van der Waals surface area contributed by atoms with Gasteiger partial charge < -0.3 is 30.1 Å². The van der Waals surface area contributed by atoms with Crippen LogP contribution in [0.4, 0.5) is 10.5 Å². The van der Waals surface area contributed by atoms with E-state index in [9.17, 15) is 19.5 Å². The number of methoxy groups -OCH3 is 1. The van der Waals surface area contributed by atoms with E-state index >= 15 is 0 Å². The molecule has 2 unspecified atom stereocenters. The predicted octanol–water partition coefficient (Wildman–Crippen LogP) is 7.02. The number of nitrogens with one attached hydrogen (secondary N) is 2. The Hall–Kier alpha value is -4.53. The van der Waals surface area contributed by atoms with Crippen molar-refractivity contribution < 1.29 is 29.0 Å². The molecule has 45 heavy (non-hydrogen) atoms. The minimum atomic E-state index is -1.10. The molecule has 0 aromatic heterocycles. The standard InChI is InChI=1S/C36H47N3O6/c1-6-7-8-9-13-23-39(34(42)31(24-26-15-11-10-12-16-26)38-35(43)45-36(2,3)4)32(27-17-14-18-29(40)25-27)33(41)37-28-19-21-30(44-5)22-20-28/h10-12,14-22,25,31-32,40H,6-9,13,23-24H2,1-5H3,(H,37,41)(H,38,43). The van der Waals surface area contributed by atoms with Crippen LogP contribution in [0.15, 0.2) is 78.9 Å². The third kappa shape index (κ3) is 11.5. The quantitative estimate of drug-likeness (QED) is 0.158. The van der Waals surface area contributed by atoms with Crippen molar-refractivity contribution in [2.75, 3.05) is 19.0 Å². The molecule has 0 fully saturated rings. The fourth-order valence-corrected chi connectivity index (χ4v) is 5.00. The van der Waals surface area contributed by atoms with Gasteiger partial charge in [-0.1, -0.05) is 75.1 Å². The van der Waals surface area contributed by atoms with Crippen molar-refractivity contribution in [2.45, 2.75) is 83.9 Å². The van der Waals surface area contributed by atoms with Crippen LogP contribution in [0, 0.1) is 0 Å². The maximum absolute atomic E-state index is 14.6. The first-order valence-corrected chi connectivity index (χ1v) is 15.6. The lowest BCUT2D eigenvalue weighted by Crippen LogP contribution is -2.53. The molecule has 0 aliphatic heterocycles. The predicted molar refractivity (Wildman–Crippen MR) is 176 cm³/mol. The Morgan fingerprint density at radius 2 is 1.58 bits per heavy atom. The molecule has 0 saturated heterocycles. The number of aromatic hydroxyl groups is 1. The molecule has 3 amide bonds. The lowest BCUT2D eigenvalue weighted by atomic mass is 9.99. The van der Waals surface area contributed by atoms with E-state index in [-0.39, 0.29) is 18.7 Å². The van der Waals surface area contributed by atoms with Gasteiger partial charge in [0.05, 0.1) is 7.11 Å². The summed E-state index contributed by atoms with van der Waals surface area (Å²) in [6.07, 6.45) is 4.12. The fourth-order valence-electron chi connectivity index (χ4n) is 5.00. The Kier molecular flexibility index (Phi) is 13.3. The van der Waals surface area contributed by atoms with Gasteiger partial charge in [-0.3, -0.25) is 9.59 Å². The zero-order valence-corrected chi connectivity index (χ0v) is 27.0. The van der Waals surface area contributed by atoms with Crippen LogP contribution in [-0.2, 0) is 20.7 Å². The highest BCUT2D eigenvalue weighted by Gasteiger charge is 2.36. The molecule has 9 heteroatoms. The van der Waals surface area contributed by atoms with Crippen LogP contribution in [0.25, 0.3) is 0 Å². The average Bonchev–Trinajstić information content (AvgIpc) is 2.99. The summed E-state index contributed by atoms with van der Waals surface area (Å²) < 4.78 is 10.8. The monoisotopic (exact) mass is 617 g/mol. The first-order valence-electron chi connectivity index (χ1n) is 15.6. The summed E-state index contributed by atoms with van der Waals surface area (Å²) in [5, 5.41) is 16.1. The number of hydrogen-bond acceptors (Lipinski definition) is 6. The Balaban J connectivity index is 2.04. The lowest BCUT2D eigenvalue weighted by Gasteiger charge is -2.34. The van der Waals surface area contributed by atoms with Gasteiger partial charge in [-0.15, -0.1) is 0 Å². The third-order valence-corrected chi connectivity index (χ3v) is 7.16. The molecule has 0 spiro atoms. The highest BCUT2D eigenvalue weighted by molar-refractivity contribution is 5.99. The summed E-state index contributed by atoms with van der Waals surface area (Å²) in [4.78, 5) is 43.2. The van der Waals surface area contributed by atoms with E-state index in [0.29, 0.717) is 23.4 Å². The van der Waals surface area contributed by atoms with Crippen LogP contribution in [0.5, 0.6) is 11.5 Å². The maximum atomic E-state index is 14.6. The Labute approximate surface area is 266 Å². The molecule has 0 heterocycles. The molecule has 9 nitrogen and oxygen atoms in total. The van der Waals surface area contributed by atoms with Crippen molar-refractivity contribution in [1.82, 2.24) is 10.2 Å². The van der Waals surface area contributed by atoms with Crippen molar-refractivity contribution in [1.29, 1.82) is 0 Å². The fraction of sp³-hybridized carbons (Fsp3) is 0.417. The minimum absolute atomic E-state index is 0.0298. The summed E-state index contributed by atoms with van der Waals surface area (Å²) in [6, 6.07) is 20.5. The van der Waals surface area contributed by atoms with Crippen LogP contribution in [0.3, 0.4) is 0 Å². The van der Waals surface area contributed by atoms with Crippen LogP contribution in [0.2, 0.25) is 0 Å². The first kappa shape index (κ1) is 35.0. The molecule has 3 aromatic rings. The van der Waals surface area contributed by atoms with Crippen molar-refractivity contribution in [3.8, 4) is 11.5 Å². The maximum Gasteiger partial charge on any atom is 0.408 e. The van der Waals surface area contributed by atoms with Crippen LogP contribution >= 0.6 is 0 Å². The number of alkyl carbamates (subject to hydrolysis) is 1. The number of amides is 3. The second kappa shape index (κ2) is 17.1. The molecule has 242 valence electrons. The third-order valence-electron chi connectivity index (χ3n) is 7.16. The topological polar surface area (TPSA) is 117 Å². The van der Waals surface area contributed by atoms with Gasteiger partial charge >= 0.3 is 6.09 Å². The van der Waals surface area contributed by atoms with Gasteiger partial charge in [-0.05, 0) is 74.7 Å². The smallest absolute Gasteiger partial charge is 0.408 e. The summed E-state index contributed by atoms with van der Waals surface area (Å²) in [7, 11) is 1.56. The molecule has 0 aliphatic carbocycles. The number of carbonyl (C=O) groups is 3. The Morgan fingerprint density at radius 3 is 2.20 bits per heavy atom. The number of phenolic OH excluding ortho intramolecular Hbond substituents is 1. The van der Waals surface area contributed by atoms with E-state index in [4.69, 9.17) is 9.47 Å². The zero-order chi connectivity index (χ0) is 32.8. The van der Waals surface area contributed by atoms with E-state index < -0.39 is 35.6 Å². The molecular formula is C36H47N3O6. The molecular weight excluding hydrogens is 570 g/mol. The van der Waals surface area contributed by atoms with Gasteiger partial charge in [0.15, 0.2) is 0 Å². The van der Waals surface area contributed by atoms with Crippen molar-refractivity contribution in [3.63, 3.8) is 0 Å². The molecule has 3 N–H and O–H groups in total. The normalized spacial score (nSPS) is 12.5. The molecule has 2 atom stereocenters. The van der Waals surface area contributed by atoms with Gasteiger partial charge in [0.1, 0.15) is 29.2 Å². The number of ether oxygens (including phenoxy) is 2. The number of phenols is 1. The van der Waals surface area contributed by atoms with Crippen LogP contribution < -0.4 is 15.4 Å². The molecule has 3 aromatic carbocycles. The van der Waals surface area contributed by atoms with E-state index in [2.05, 4.69) is 17.6 Å². The second-order valence-electron chi connectivity index (χ2n) is 12.0. The minimum Gasteiger partial charge on any atom is -0.508 e. The van der Waals surface area contributed by atoms with Gasteiger partial charge in [0.2, 0.25) is 5.91 Å². The van der Waals surface area contributed by atoms with E-state index in [1.54, 1.807) is 64.3 Å². The molecule has 0 radical (unpaired) electrons.